The smallest absolute Gasteiger partial charge is 0.254 e. The van der Waals surface area contributed by atoms with Gasteiger partial charge in [-0.3, -0.25) is 24.1 Å². The van der Waals surface area contributed by atoms with Crippen LogP contribution in [0.25, 0.3) is 0 Å². The first kappa shape index (κ1) is 16.8. The molecule has 1 atom stereocenters. The van der Waals surface area contributed by atoms with Gasteiger partial charge in [0.25, 0.3) is 11.8 Å². The first-order chi connectivity index (χ1) is 9.97. The highest BCUT2D eigenvalue weighted by molar-refractivity contribution is 6.15. The lowest BCUT2D eigenvalue weighted by molar-refractivity contribution is -0.144. The minimum Gasteiger partial charge on any atom is -0.384 e. The lowest BCUT2D eigenvalue weighted by atomic mass is 10.2. The maximum Gasteiger partial charge on any atom is 0.254 e. The van der Waals surface area contributed by atoms with Gasteiger partial charge in [-0.25, -0.2) is 0 Å². The number of ether oxygens (including phenoxy) is 1. The summed E-state index contributed by atoms with van der Waals surface area (Å²) < 4.78 is 4.76. The fourth-order valence-electron chi connectivity index (χ4n) is 1.73. The van der Waals surface area contributed by atoms with Crippen molar-refractivity contribution in [2.45, 2.75) is 19.4 Å². The molecule has 1 aliphatic rings. The maximum atomic E-state index is 11.8. The van der Waals surface area contributed by atoms with Crippen molar-refractivity contribution >= 4 is 23.6 Å². The first-order valence-corrected chi connectivity index (χ1v) is 6.56. The zero-order valence-corrected chi connectivity index (χ0v) is 12.0. The van der Waals surface area contributed by atoms with Gasteiger partial charge in [-0.15, -0.1) is 0 Å². The van der Waals surface area contributed by atoms with Gasteiger partial charge in [-0.05, 0) is 6.92 Å². The number of carbonyl (C=O) groups excluding carboxylic acids is 4. The highest BCUT2D eigenvalue weighted by Crippen LogP contribution is 2.08. The van der Waals surface area contributed by atoms with Crippen molar-refractivity contribution in [2.75, 3.05) is 26.8 Å². The molecule has 1 rings (SSSR count). The first-order valence-electron chi connectivity index (χ1n) is 6.56. The van der Waals surface area contributed by atoms with E-state index in [0.29, 0.717) is 6.61 Å². The van der Waals surface area contributed by atoms with Crippen molar-refractivity contribution in [2.24, 2.45) is 0 Å². The largest absolute Gasteiger partial charge is 0.384 e. The summed E-state index contributed by atoms with van der Waals surface area (Å²) in [4.78, 5) is 46.8. The maximum absolute atomic E-state index is 11.8. The molecule has 21 heavy (non-hydrogen) atoms. The second kappa shape index (κ2) is 8.15. The van der Waals surface area contributed by atoms with Gasteiger partial charge in [0.15, 0.2) is 0 Å². The number of rotatable bonds is 8. The van der Waals surface area contributed by atoms with Gasteiger partial charge in [-0.2, -0.15) is 0 Å². The van der Waals surface area contributed by atoms with Crippen LogP contribution in [0.2, 0.25) is 0 Å². The number of nitrogens with zero attached hydrogens (tertiary/aromatic N) is 1. The molecule has 116 valence electrons. The van der Waals surface area contributed by atoms with E-state index in [1.807, 2.05) is 0 Å². The summed E-state index contributed by atoms with van der Waals surface area (Å²) in [5.41, 5.74) is 0. The third-order valence-corrected chi connectivity index (χ3v) is 2.89. The van der Waals surface area contributed by atoms with E-state index in [0.717, 1.165) is 17.1 Å². The lowest BCUT2D eigenvalue weighted by Crippen LogP contribution is -2.49. The summed E-state index contributed by atoms with van der Waals surface area (Å²) in [5, 5.41) is 5.16. The van der Waals surface area contributed by atoms with Gasteiger partial charge in [0.2, 0.25) is 11.8 Å². The molecule has 0 aromatic carbocycles. The number of amides is 4. The van der Waals surface area contributed by atoms with E-state index in [4.69, 9.17) is 4.74 Å². The molecule has 1 heterocycles. The van der Waals surface area contributed by atoms with E-state index in [-0.39, 0.29) is 25.4 Å². The fraction of sp³-hybridized carbons (Fsp3) is 0.538. The molecular formula is C13H19N3O5. The molecule has 0 fully saturated rings. The summed E-state index contributed by atoms with van der Waals surface area (Å²) in [7, 11) is 1.50. The molecule has 0 aromatic heterocycles. The number of hydrogen-bond acceptors (Lipinski definition) is 5. The SMILES string of the molecule is COCCC(=O)NCCNC(=O)C(C)N1C(=O)C=CC1=O. The molecule has 8 nitrogen and oxygen atoms in total. The quantitative estimate of drug-likeness (QED) is 0.422. The molecule has 1 aliphatic heterocycles. The number of hydrogen-bond donors (Lipinski definition) is 2. The molecule has 0 aliphatic carbocycles. The Labute approximate surface area is 122 Å². The number of imide groups is 1. The molecule has 2 N–H and O–H groups in total. The van der Waals surface area contributed by atoms with Crippen LogP contribution in [0.5, 0.6) is 0 Å². The van der Waals surface area contributed by atoms with Gasteiger partial charge in [0.1, 0.15) is 6.04 Å². The summed E-state index contributed by atoms with van der Waals surface area (Å²) in [5.74, 6) is -1.63. The van der Waals surface area contributed by atoms with Gasteiger partial charge < -0.3 is 15.4 Å². The molecular weight excluding hydrogens is 278 g/mol. The van der Waals surface area contributed by atoms with Crippen LogP contribution in [-0.4, -0.2) is 61.4 Å². The minimum absolute atomic E-state index is 0.173. The molecule has 0 spiro atoms. The second-order valence-corrected chi connectivity index (χ2v) is 4.44. The summed E-state index contributed by atoms with van der Waals surface area (Å²) in [6.45, 7) is 2.28. The molecule has 8 heteroatoms. The van der Waals surface area contributed by atoms with Gasteiger partial charge in [0, 0.05) is 38.8 Å². The predicted octanol–water partition coefficient (Wildman–Crippen LogP) is -1.43. The zero-order valence-electron chi connectivity index (χ0n) is 12.0. The number of methoxy groups -OCH3 is 1. The normalized spacial score (nSPS) is 15.2. The van der Waals surface area contributed by atoms with Gasteiger partial charge in [-0.1, -0.05) is 0 Å². The van der Waals surface area contributed by atoms with E-state index >= 15 is 0 Å². The third kappa shape index (κ3) is 4.99. The Balaban J connectivity index is 2.26. The summed E-state index contributed by atoms with van der Waals surface area (Å²) in [6.07, 6.45) is 2.51. The Morgan fingerprint density at radius 2 is 1.76 bits per heavy atom. The van der Waals surface area contributed by atoms with Crippen molar-refractivity contribution in [3.8, 4) is 0 Å². The van der Waals surface area contributed by atoms with E-state index in [1.54, 1.807) is 0 Å². The Hall–Kier alpha value is -2.22. The molecule has 1 unspecified atom stereocenters. The van der Waals surface area contributed by atoms with E-state index in [2.05, 4.69) is 10.6 Å². The Morgan fingerprint density at radius 3 is 2.33 bits per heavy atom. The van der Waals surface area contributed by atoms with Crippen molar-refractivity contribution in [3.05, 3.63) is 12.2 Å². The molecule has 0 radical (unpaired) electrons. The van der Waals surface area contributed by atoms with Gasteiger partial charge >= 0.3 is 0 Å². The number of carbonyl (C=O) groups is 4. The minimum atomic E-state index is -0.885. The van der Waals surface area contributed by atoms with Crippen LogP contribution in [0.1, 0.15) is 13.3 Å². The second-order valence-electron chi connectivity index (χ2n) is 4.44. The van der Waals surface area contributed by atoms with Crippen molar-refractivity contribution < 1.29 is 23.9 Å². The lowest BCUT2D eigenvalue weighted by Gasteiger charge is -2.21. The molecule has 0 bridgehead atoms. The van der Waals surface area contributed by atoms with E-state index in [1.165, 1.54) is 14.0 Å². The van der Waals surface area contributed by atoms with Gasteiger partial charge in [0.05, 0.1) is 6.61 Å². The topological polar surface area (TPSA) is 105 Å². The third-order valence-electron chi connectivity index (χ3n) is 2.89. The van der Waals surface area contributed by atoms with Crippen LogP contribution in [0.3, 0.4) is 0 Å². The Kier molecular flexibility index (Phi) is 6.54. The van der Waals surface area contributed by atoms with Crippen LogP contribution >= 0.6 is 0 Å². The molecule has 0 saturated heterocycles. The van der Waals surface area contributed by atoms with Crippen LogP contribution in [0.15, 0.2) is 12.2 Å². The van der Waals surface area contributed by atoms with Crippen molar-refractivity contribution in [1.29, 1.82) is 0 Å². The summed E-state index contributed by atoms with van der Waals surface area (Å²) in [6, 6.07) is -0.885. The van der Waals surface area contributed by atoms with E-state index < -0.39 is 23.8 Å². The fourth-order valence-corrected chi connectivity index (χ4v) is 1.73. The highest BCUT2D eigenvalue weighted by atomic mass is 16.5. The van der Waals surface area contributed by atoms with Crippen LogP contribution in [-0.2, 0) is 23.9 Å². The van der Waals surface area contributed by atoms with Crippen LogP contribution < -0.4 is 10.6 Å². The average Bonchev–Trinajstić information content (AvgIpc) is 2.79. The van der Waals surface area contributed by atoms with Crippen molar-refractivity contribution in [1.82, 2.24) is 15.5 Å². The molecule has 4 amide bonds. The zero-order chi connectivity index (χ0) is 15.8. The standard InChI is InChI=1S/C13H19N3O5/c1-9(16-11(18)3-4-12(16)19)13(20)15-7-6-14-10(17)5-8-21-2/h3-4,9H,5-8H2,1-2H3,(H,14,17)(H,15,20). The highest BCUT2D eigenvalue weighted by Gasteiger charge is 2.32. The van der Waals surface area contributed by atoms with Crippen LogP contribution in [0.4, 0.5) is 0 Å². The van der Waals surface area contributed by atoms with E-state index in [9.17, 15) is 19.2 Å². The molecule has 0 aromatic rings. The summed E-state index contributed by atoms with van der Waals surface area (Å²) >= 11 is 0. The monoisotopic (exact) mass is 297 g/mol. The molecule has 0 saturated carbocycles. The Bertz CT molecular complexity index is 443. The number of nitrogens with one attached hydrogen (secondary N) is 2. The van der Waals surface area contributed by atoms with Crippen molar-refractivity contribution in [3.63, 3.8) is 0 Å². The Morgan fingerprint density at radius 1 is 1.19 bits per heavy atom. The van der Waals surface area contributed by atoms with Crippen LogP contribution in [0, 0.1) is 0 Å². The predicted molar refractivity (Wildman–Crippen MR) is 73.0 cm³/mol. The average molecular weight is 297 g/mol.